The van der Waals surface area contributed by atoms with Gasteiger partial charge in [0.1, 0.15) is 0 Å². The number of carbonyl (C=O) groups is 1. The molecule has 1 aliphatic heterocycles. The highest BCUT2D eigenvalue weighted by atomic mass is 16.5. The second kappa shape index (κ2) is 5.59. The van der Waals surface area contributed by atoms with Crippen LogP contribution in [0.3, 0.4) is 0 Å². The van der Waals surface area contributed by atoms with Crippen LogP contribution in [0, 0.1) is 6.92 Å². The highest BCUT2D eigenvalue weighted by Gasteiger charge is 2.18. The van der Waals surface area contributed by atoms with E-state index in [1.165, 1.54) is 7.11 Å². The van der Waals surface area contributed by atoms with Gasteiger partial charge in [-0.15, -0.1) is 0 Å². The van der Waals surface area contributed by atoms with E-state index in [0.717, 1.165) is 35.7 Å². The normalized spacial score (nSPS) is 13.3. The highest BCUT2D eigenvalue weighted by Crippen LogP contribution is 2.27. The van der Waals surface area contributed by atoms with Gasteiger partial charge in [0.05, 0.1) is 19.0 Å². The number of aromatic nitrogens is 3. The standard InChI is InChI=1S/C15H17N5O2/c1-9-6-10(7-17-12(9)15(21)22-3)13-18-8-11-14(19-13)20(2)5-4-16-11/h6-8,16H,4-5H2,1-3H3. The van der Waals surface area contributed by atoms with Crippen LogP contribution in [-0.4, -0.2) is 48.2 Å². The summed E-state index contributed by atoms with van der Waals surface area (Å²) in [4.78, 5) is 26.8. The van der Waals surface area contributed by atoms with Crippen molar-refractivity contribution in [1.82, 2.24) is 15.0 Å². The number of rotatable bonds is 2. The van der Waals surface area contributed by atoms with Crippen LogP contribution >= 0.6 is 0 Å². The smallest absolute Gasteiger partial charge is 0.356 e. The van der Waals surface area contributed by atoms with E-state index in [1.807, 2.05) is 20.0 Å². The van der Waals surface area contributed by atoms with E-state index in [0.29, 0.717) is 11.5 Å². The minimum atomic E-state index is -0.445. The molecule has 0 unspecified atom stereocenters. The van der Waals surface area contributed by atoms with Crippen molar-refractivity contribution in [2.45, 2.75) is 6.92 Å². The van der Waals surface area contributed by atoms with Crippen LogP contribution in [0.15, 0.2) is 18.5 Å². The summed E-state index contributed by atoms with van der Waals surface area (Å²) in [5, 5.41) is 3.27. The lowest BCUT2D eigenvalue weighted by Crippen LogP contribution is -2.31. The van der Waals surface area contributed by atoms with Crippen LogP contribution in [-0.2, 0) is 4.74 Å². The number of pyridine rings is 1. The van der Waals surface area contributed by atoms with Crippen molar-refractivity contribution in [1.29, 1.82) is 0 Å². The molecule has 0 amide bonds. The summed E-state index contributed by atoms with van der Waals surface area (Å²) in [6, 6.07) is 1.84. The number of nitrogens with one attached hydrogen (secondary N) is 1. The number of hydrogen-bond acceptors (Lipinski definition) is 7. The number of nitrogens with zero attached hydrogens (tertiary/aromatic N) is 4. The lowest BCUT2D eigenvalue weighted by molar-refractivity contribution is 0.0593. The molecular formula is C15H17N5O2. The monoisotopic (exact) mass is 299 g/mol. The fourth-order valence-electron chi connectivity index (χ4n) is 2.40. The van der Waals surface area contributed by atoms with Crippen molar-refractivity contribution in [2.75, 3.05) is 37.5 Å². The lowest BCUT2D eigenvalue weighted by atomic mass is 10.1. The Kier molecular flexibility index (Phi) is 3.62. The summed E-state index contributed by atoms with van der Waals surface area (Å²) >= 11 is 0. The van der Waals surface area contributed by atoms with E-state index in [4.69, 9.17) is 4.74 Å². The number of hydrogen-bond donors (Lipinski definition) is 1. The van der Waals surface area contributed by atoms with E-state index in [9.17, 15) is 4.79 Å². The van der Waals surface area contributed by atoms with Crippen LogP contribution in [0.5, 0.6) is 0 Å². The van der Waals surface area contributed by atoms with E-state index < -0.39 is 5.97 Å². The van der Waals surface area contributed by atoms with Gasteiger partial charge in [-0.2, -0.15) is 0 Å². The maximum atomic E-state index is 11.6. The topological polar surface area (TPSA) is 80.2 Å². The van der Waals surface area contributed by atoms with E-state index in [-0.39, 0.29) is 0 Å². The Morgan fingerprint density at radius 3 is 2.91 bits per heavy atom. The number of aryl methyl sites for hydroxylation is 1. The first-order valence-electron chi connectivity index (χ1n) is 6.97. The number of likely N-dealkylation sites (N-methyl/N-ethyl adjacent to an activating group) is 1. The van der Waals surface area contributed by atoms with Gasteiger partial charge < -0.3 is 15.0 Å². The third-order valence-corrected chi connectivity index (χ3v) is 3.61. The third-order valence-electron chi connectivity index (χ3n) is 3.61. The van der Waals surface area contributed by atoms with Gasteiger partial charge in [-0.05, 0) is 18.6 Å². The van der Waals surface area contributed by atoms with E-state index in [2.05, 4.69) is 25.2 Å². The molecule has 2 aromatic rings. The van der Waals surface area contributed by atoms with Crippen LogP contribution < -0.4 is 10.2 Å². The SMILES string of the molecule is COC(=O)c1ncc(-c2ncc3c(n2)N(C)CCN3)cc1C. The fraction of sp³-hybridized carbons (Fsp3) is 0.333. The Morgan fingerprint density at radius 2 is 2.18 bits per heavy atom. The molecule has 0 radical (unpaired) electrons. The number of anilines is 2. The Hall–Kier alpha value is -2.70. The number of fused-ring (bicyclic) bond motifs is 1. The number of methoxy groups -OCH3 is 1. The molecule has 22 heavy (non-hydrogen) atoms. The molecule has 1 aliphatic rings. The predicted molar refractivity (Wildman–Crippen MR) is 83.1 cm³/mol. The largest absolute Gasteiger partial charge is 0.464 e. The first-order valence-corrected chi connectivity index (χ1v) is 6.97. The van der Waals surface area contributed by atoms with Gasteiger partial charge in [0.15, 0.2) is 17.3 Å². The third kappa shape index (κ3) is 2.45. The molecule has 0 atom stereocenters. The highest BCUT2D eigenvalue weighted by molar-refractivity contribution is 5.89. The van der Waals surface area contributed by atoms with Gasteiger partial charge in [-0.25, -0.2) is 19.7 Å². The second-order valence-electron chi connectivity index (χ2n) is 5.16. The van der Waals surface area contributed by atoms with Gasteiger partial charge in [0.25, 0.3) is 0 Å². The van der Waals surface area contributed by atoms with Crippen molar-refractivity contribution in [3.63, 3.8) is 0 Å². The van der Waals surface area contributed by atoms with Gasteiger partial charge in [0.2, 0.25) is 0 Å². The average Bonchev–Trinajstić information content (AvgIpc) is 2.54. The zero-order valence-electron chi connectivity index (χ0n) is 12.8. The van der Waals surface area contributed by atoms with Gasteiger partial charge >= 0.3 is 5.97 Å². The molecule has 0 aliphatic carbocycles. The number of esters is 1. The second-order valence-corrected chi connectivity index (χ2v) is 5.16. The minimum Gasteiger partial charge on any atom is -0.464 e. The molecule has 0 spiro atoms. The summed E-state index contributed by atoms with van der Waals surface area (Å²) in [5.41, 5.74) is 2.74. The molecule has 7 heteroatoms. The van der Waals surface area contributed by atoms with Gasteiger partial charge in [-0.3, -0.25) is 0 Å². The Morgan fingerprint density at radius 1 is 1.36 bits per heavy atom. The van der Waals surface area contributed by atoms with Crippen LogP contribution in [0.1, 0.15) is 16.1 Å². The fourth-order valence-corrected chi connectivity index (χ4v) is 2.40. The zero-order chi connectivity index (χ0) is 15.7. The van der Waals surface area contributed by atoms with Crippen molar-refractivity contribution in [3.8, 4) is 11.4 Å². The molecule has 7 nitrogen and oxygen atoms in total. The van der Waals surface area contributed by atoms with Crippen LogP contribution in [0.4, 0.5) is 11.5 Å². The summed E-state index contributed by atoms with van der Waals surface area (Å²) in [7, 11) is 3.34. The van der Waals surface area contributed by atoms with E-state index in [1.54, 1.807) is 12.4 Å². The molecule has 0 aromatic carbocycles. The summed E-state index contributed by atoms with van der Waals surface area (Å²) < 4.78 is 4.70. The number of ether oxygens (including phenoxy) is 1. The maximum Gasteiger partial charge on any atom is 0.356 e. The summed E-state index contributed by atoms with van der Waals surface area (Å²) in [5.74, 6) is 1.01. The first-order chi connectivity index (χ1) is 10.6. The predicted octanol–water partition coefficient (Wildman–Crippen LogP) is 1.50. The average molecular weight is 299 g/mol. The molecule has 3 heterocycles. The van der Waals surface area contributed by atoms with Crippen molar-refractivity contribution in [3.05, 3.63) is 29.7 Å². The van der Waals surface area contributed by atoms with Gasteiger partial charge in [-0.1, -0.05) is 0 Å². The lowest BCUT2D eigenvalue weighted by Gasteiger charge is -2.27. The summed E-state index contributed by atoms with van der Waals surface area (Å²) in [6.07, 6.45) is 3.37. The first kappa shape index (κ1) is 14.2. The quantitative estimate of drug-likeness (QED) is 0.841. The number of carbonyl (C=O) groups excluding carboxylic acids is 1. The molecule has 2 aromatic heterocycles. The zero-order valence-corrected chi connectivity index (χ0v) is 12.8. The Balaban J connectivity index is 2.00. The van der Waals surface area contributed by atoms with Crippen molar-refractivity contribution < 1.29 is 9.53 Å². The summed E-state index contributed by atoms with van der Waals surface area (Å²) in [6.45, 7) is 3.58. The Bertz CT molecular complexity index is 732. The van der Waals surface area contributed by atoms with Crippen molar-refractivity contribution >= 4 is 17.5 Å². The molecule has 0 bridgehead atoms. The van der Waals surface area contributed by atoms with Crippen molar-refractivity contribution in [2.24, 2.45) is 0 Å². The molecule has 0 saturated heterocycles. The Labute approximate surface area is 128 Å². The molecular weight excluding hydrogens is 282 g/mol. The van der Waals surface area contributed by atoms with Gasteiger partial charge in [0, 0.05) is 31.9 Å². The molecule has 114 valence electrons. The van der Waals surface area contributed by atoms with Crippen LogP contribution in [0.2, 0.25) is 0 Å². The maximum absolute atomic E-state index is 11.6. The molecule has 0 fully saturated rings. The van der Waals surface area contributed by atoms with Crippen LogP contribution in [0.25, 0.3) is 11.4 Å². The molecule has 1 N–H and O–H groups in total. The van der Waals surface area contributed by atoms with E-state index >= 15 is 0 Å². The molecule has 3 rings (SSSR count). The molecule has 0 saturated carbocycles. The minimum absolute atomic E-state index is 0.308.